The number of hydrogen-bond acceptors (Lipinski definition) is 4. The lowest BCUT2D eigenvalue weighted by Crippen LogP contribution is -2.49. The van der Waals surface area contributed by atoms with Gasteiger partial charge in [0.05, 0.1) is 24.2 Å². The summed E-state index contributed by atoms with van der Waals surface area (Å²) in [5.41, 5.74) is 5.66. The molecule has 1 fully saturated rings. The van der Waals surface area contributed by atoms with Crippen molar-refractivity contribution in [3.8, 4) is 5.75 Å². The maximum atomic E-state index is 5.61. The Labute approximate surface area is 149 Å². The van der Waals surface area contributed by atoms with Crippen LogP contribution in [0.5, 0.6) is 5.75 Å². The molecule has 0 aliphatic carbocycles. The van der Waals surface area contributed by atoms with Gasteiger partial charge in [-0.05, 0) is 30.2 Å². The predicted octanol–water partition coefficient (Wildman–Crippen LogP) is 3.33. The van der Waals surface area contributed by atoms with Gasteiger partial charge in [0.15, 0.2) is 0 Å². The monoisotopic (exact) mass is 335 g/mol. The molecule has 4 nitrogen and oxygen atoms in total. The highest BCUT2D eigenvalue weighted by Gasteiger charge is 2.44. The molecule has 0 bridgehead atoms. The Morgan fingerprint density at radius 3 is 2.68 bits per heavy atom. The first-order valence-electron chi connectivity index (χ1n) is 9.26. The normalized spacial score (nSPS) is 24.2. The molecular weight excluding hydrogens is 310 g/mol. The first kappa shape index (κ1) is 14.9. The van der Waals surface area contributed by atoms with E-state index in [-0.39, 0.29) is 0 Å². The number of hydrogen-bond donors (Lipinski definition) is 0. The van der Waals surface area contributed by atoms with Crippen LogP contribution in [-0.2, 0) is 0 Å². The van der Waals surface area contributed by atoms with E-state index in [1.165, 1.54) is 29.0 Å². The van der Waals surface area contributed by atoms with Gasteiger partial charge in [-0.1, -0.05) is 24.3 Å². The second kappa shape index (κ2) is 5.58. The Hall–Kier alpha value is -2.36. The molecule has 4 heteroatoms. The van der Waals surface area contributed by atoms with Crippen LogP contribution in [0.4, 0.5) is 17.1 Å². The maximum absolute atomic E-state index is 5.61. The number of likely N-dealkylation sites (N-methyl/N-ethyl adjacent to an activating group) is 1. The molecule has 2 aromatic carbocycles. The van der Waals surface area contributed by atoms with E-state index >= 15 is 0 Å². The van der Waals surface area contributed by atoms with E-state index in [9.17, 15) is 0 Å². The standard InChI is InChI=1S/C21H25N3O/c1-22-12-13-24-17-10-11-23(18-7-3-4-9-20(18)25-2)14-16(17)15-6-5-8-19(22)21(15)24/h3-9,16-17H,10-14H2,1-2H3/t16-,17-/m1/s1. The van der Waals surface area contributed by atoms with Crippen LogP contribution >= 0.6 is 0 Å². The lowest BCUT2D eigenvalue weighted by molar-refractivity contribution is 0.404. The first-order chi connectivity index (χ1) is 12.3. The zero-order chi connectivity index (χ0) is 17.0. The molecule has 5 rings (SSSR count). The topological polar surface area (TPSA) is 19.0 Å². The van der Waals surface area contributed by atoms with Crippen molar-refractivity contribution in [2.45, 2.75) is 18.4 Å². The van der Waals surface area contributed by atoms with Crippen LogP contribution in [0.25, 0.3) is 0 Å². The number of para-hydroxylation sites is 3. The Morgan fingerprint density at radius 1 is 0.960 bits per heavy atom. The van der Waals surface area contributed by atoms with Gasteiger partial charge < -0.3 is 19.4 Å². The quantitative estimate of drug-likeness (QED) is 0.838. The van der Waals surface area contributed by atoms with E-state index in [0.29, 0.717) is 12.0 Å². The summed E-state index contributed by atoms with van der Waals surface area (Å²) in [4.78, 5) is 7.61. The van der Waals surface area contributed by atoms with E-state index in [0.717, 1.165) is 31.9 Å². The fourth-order valence-electron chi connectivity index (χ4n) is 5.02. The summed E-state index contributed by atoms with van der Waals surface area (Å²) in [5, 5.41) is 0. The third-order valence-corrected chi connectivity index (χ3v) is 6.22. The number of nitrogens with zero attached hydrogens (tertiary/aromatic N) is 3. The van der Waals surface area contributed by atoms with Gasteiger partial charge in [-0.15, -0.1) is 0 Å². The van der Waals surface area contributed by atoms with Crippen LogP contribution in [0, 0.1) is 0 Å². The van der Waals surface area contributed by atoms with Crippen molar-refractivity contribution >= 4 is 17.1 Å². The molecule has 0 radical (unpaired) electrons. The summed E-state index contributed by atoms with van der Waals surface area (Å²) < 4.78 is 5.61. The fraction of sp³-hybridized carbons (Fsp3) is 0.429. The Bertz CT molecular complexity index is 805. The summed E-state index contributed by atoms with van der Waals surface area (Å²) in [7, 11) is 3.98. The number of fused-ring (bicyclic) bond motifs is 3. The molecule has 3 heterocycles. The number of piperidine rings is 1. The maximum Gasteiger partial charge on any atom is 0.142 e. The molecule has 3 aliphatic heterocycles. The van der Waals surface area contributed by atoms with Gasteiger partial charge in [-0.3, -0.25) is 0 Å². The average Bonchev–Trinajstić information content (AvgIpc) is 2.99. The van der Waals surface area contributed by atoms with Crippen LogP contribution < -0.4 is 19.4 Å². The van der Waals surface area contributed by atoms with Crippen LogP contribution in [-0.4, -0.2) is 46.4 Å². The van der Waals surface area contributed by atoms with E-state index in [1.54, 1.807) is 7.11 Å². The van der Waals surface area contributed by atoms with Gasteiger partial charge in [0.1, 0.15) is 5.75 Å². The molecule has 0 N–H and O–H groups in total. The van der Waals surface area contributed by atoms with Crippen molar-refractivity contribution < 1.29 is 4.74 Å². The fourth-order valence-corrected chi connectivity index (χ4v) is 5.02. The molecule has 0 aromatic heterocycles. The third kappa shape index (κ3) is 2.13. The van der Waals surface area contributed by atoms with Crippen molar-refractivity contribution in [1.29, 1.82) is 0 Å². The van der Waals surface area contributed by atoms with E-state index in [4.69, 9.17) is 4.74 Å². The van der Waals surface area contributed by atoms with Gasteiger partial charge in [0.2, 0.25) is 0 Å². The second-order valence-electron chi connectivity index (χ2n) is 7.41. The van der Waals surface area contributed by atoms with Crippen molar-refractivity contribution in [3.05, 3.63) is 48.0 Å². The highest BCUT2D eigenvalue weighted by Crippen LogP contribution is 2.51. The zero-order valence-corrected chi connectivity index (χ0v) is 15.0. The van der Waals surface area contributed by atoms with E-state index < -0.39 is 0 Å². The van der Waals surface area contributed by atoms with Gasteiger partial charge in [0, 0.05) is 45.2 Å². The third-order valence-electron chi connectivity index (χ3n) is 6.22. The van der Waals surface area contributed by atoms with Gasteiger partial charge in [-0.25, -0.2) is 0 Å². The Morgan fingerprint density at radius 2 is 1.80 bits per heavy atom. The largest absolute Gasteiger partial charge is 0.495 e. The SMILES string of the molecule is COc1ccccc1N1CC[C@@H]2[C@H](C1)c1cccc3c1N2CCN3C. The summed E-state index contributed by atoms with van der Waals surface area (Å²) in [5.74, 6) is 1.56. The van der Waals surface area contributed by atoms with E-state index in [2.05, 4.69) is 58.1 Å². The summed E-state index contributed by atoms with van der Waals surface area (Å²) in [6.07, 6.45) is 1.21. The van der Waals surface area contributed by atoms with Crippen molar-refractivity contribution in [3.63, 3.8) is 0 Å². The molecule has 1 saturated heterocycles. The Balaban J connectivity index is 1.52. The minimum Gasteiger partial charge on any atom is -0.495 e. The molecule has 130 valence electrons. The smallest absolute Gasteiger partial charge is 0.142 e. The molecule has 0 spiro atoms. The van der Waals surface area contributed by atoms with Gasteiger partial charge in [-0.2, -0.15) is 0 Å². The lowest BCUT2D eigenvalue weighted by Gasteiger charge is -2.42. The van der Waals surface area contributed by atoms with Gasteiger partial charge >= 0.3 is 0 Å². The highest BCUT2D eigenvalue weighted by atomic mass is 16.5. The van der Waals surface area contributed by atoms with Crippen molar-refractivity contribution in [2.24, 2.45) is 0 Å². The summed E-state index contributed by atoms with van der Waals surface area (Å²) in [6.45, 7) is 4.44. The number of anilines is 3. The molecule has 3 aliphatic rings. The molecule has 2 aromatic rings. The molecular formula is C21H25N3O. The number of ether oxygens (including phenoxy) is 1. The highest BCUT2D eigenvalue weighted by molar-refractivity contribution is 5.81. The minimum atomic E-state index is 0.583. The van der Waals surface area contributed by atoms with Crippen LogP contribution in [0.1, 0.15) is 17.9 Å². The molecule has 2 atom stereocenters. The zero-order valence-electron chi connectivity index (χ0n) is 15.0. The number of methoxy groups -OCH3 is 1. The van der Waals surface area contributed by atoms with Gasteiger partial charge in [0.25, 0.3) is 0 Å². The van der Waals surface area contributed by atoms with E-state index in [1.807, 2.05) is 6.07 Å². The molecule has 0 saturated carbocycles. The van der Waals surface area contributed by atoms with Crippen molar-refractivity contribution in [1.82, 2.24) is 0 Å². The van der Waals surface area contributed by atoms with Crippen molar-refractivity contribution in [2.75, 3.05) is 55.0 Å². The second-order valence-corrected chi connectivity index (χ2v) is 7.41. The first-order valence-corrected chi connectivity index (χ1v) is 9.26. The Kier molecular flexibility index (Phi) is 3.34. The minimum absolute atomic E-state index is 0.583. The molecule has 0 amide bonds. The predicted molar refractivity (Wildman–Crippen MR) is 103 cm³/mol. The summed E-state index contributed by atoms with van der Waals surface area (Å²) >= 11 is 0. The molecule has 25 heavy (non-hydrogen) atoms. The van der Waals surface area contributed by atoms with Crippen LogP contribution in [0.15, 0.2) is 42.5 Å². The number of rotatable bonds is 2. The molecule has 0 unspecified atom stereocenters. The van der Waals surface area contributed by atoms with Crippen LogP contribution in [0.2, 0.25) is 0 Å². The summed E-state index contributed by atoms with van der Waals surface area (Å²) in [6, 6.07) is 15.9. The van der Waals surface area contributed by atoms with Crippen LogP contribution in [0.3, 0.4) is 0 Å². The average molecular weight is 335 g/mol. The lowest BCUT2D eigenvalue weighted by atomic mass is 9.88. The number of benzene rings is 2.